The number of hydrogen-bond donors (Lipinski definition) is 2. The molecule has 2 N–H and O–H groups in total. The second kappa shape index (κ2) is 6.67. The number of aromatic nitrogens is 1. The summed E-state index contributed by atoms with van der Waals surface area (Å²) in [6.07, 6.45) is 2.05. The molecule has 0 saturated carbocycles. The van der Waals surface area contributed by atoms with E-state index in [1.165, 1.54) is 6.20 Å². The fourth-order valence-electron chi connectivity index (χ4n) is 2.70. The summed E-state index contributed by atoms with van der Waals surface area (Å²) in [4.78, 5) is 30.1. The van der Waals surface area contributed by atoms with Crippen LogP contribution in [0.15, 0.2) is 36.5 Å². The van der Waals surface area contributed by atoms with Gasteiger partial charge in [0.05, 0.1) is 12.7 Å². The van der Waals surface area contributed by atoms with Crippen molar-refractivity contribution < 1.29 is 19.5 Å². The molecule has 0 bridgehead atoms. The van der Waals surface area contributed by atoms with Crippen LogP contribution in [0.4, 0.5) is 0 Å². The van der Waals surface area contributed by atoms with Gasteiger partial charge < -0.3 is 9.64 Å². The van der Waals surface area contributed by atoms with Crippen LogP contribution in [0.25, 0.3) is 0 Å². The van der Waals surface area contributed by atoms with Crippen LogP contribution in [0.5, 0.6) is 5.75 Å². The lowest BCUT2D eigenvalue weighted by Crippen LogP contribution is -2.36. The van der Waals surface area contributed by atoms with E-state index >= 15 is 0 Å². The smallest absolute Gasteiger partial charge is 0.276 e. The van der Waals surface area contributed by atoms with Gasteiger partial charge in [0.2, 0.25) is 0 Å². The number of ether oxygens (including phenoxy) is 1. The summed E-state index contributed by atoms with van der Waals surface area (Å²) < 4.78 is 5.10. The van der Waals surface area contributed by atoms with Crippen molar-refractivity contribution >= 4 is 11.8 Å². The summed E-state index contributed by atoms with van der Waals surface area (Å²) in [6, 6.07) is 8.60. The van der Waals surface area contributed by atoms with Gasteiger partial charge in [-0.3, -0.25) is 19.8 Å². The number of benzene rings is 1. The first-order valence-electron chi connectivity index (χ1n) is 7.48. The number of fused-ring (bicyclic) bond motifs is 1. The Hall–Kier alpha value is -2.93. The van der Waals surface area contributed by atoms with E-state index in [9.17, 15) is 9.59 Å². The van der Waals surface area contributed by atoms with Crippen molar-refractivity contribution in [3.8, 4) is 5.75 Å². The molecule has 0 fully saturated rings. The van der Waals surface area contributed by atoms with Gasteiger partial charge in [0.1, 0.15) is 5.75 Å². The van der Waals surface area contributed by atoms with Crippen LogP contribution in [-0.2, 0) is 13.0 Å². The first-order chi connectivity index (χ1) is 11.6. The van der Waals surface area contributed by atoms with Crippen LogP contribution in [0.3, 0.4) is 0 Å². The Morgan fingerprint density at radius 2 is 2.00 bits per heavy atom. The van der Waals surface area contributed by atoms with Crippen LogP contribution in [0.1, 0.15) is 32.0 Å². The van der Waals surface area contributed by atoms with Crippen molar-refractivity contribution in [1.29, 1.82) is 0 Å². The minimum atomic E-state index is -0.621. The van der Waals surface area contributed by atoms with E-state index in [1.54, 1.807) is 47.8 Å². The van der Waals surface area contributed by atoms with Crippen LogP contribution >= 0.6 is 0 Å². The zero-order valence-corrected chi connectivity index (χ0v) is 13.2. The topological polar surface area (TPSA) is 91.8 Å². The molecule has 7 heteroatoms. The average molecular weight is 327 g/mol. The highest BCUT2D eigenvalue weighted by atomic mass is 16.5. The summed E-state index contributed by atoms with van der Waals surface area (Å²) in [6.45, 7) is 0.941. The minimum absolute atomic E-state index is 0.0830. The molecule has 2 amide bonds. The highest BCUT2D eigenvalue weighted by molar-refractivity contribution is 5.95. The molecule has 0 unspecified atom stereocenters. The number of carbonyl (C=O) groups excluding carboxylic acids is 2. The molecule has 2 heterocycles. The highest BCUT2D eigenvalue weighted by Crippen LogP contribution is 2.21. The van der Waals surface area contributed by atoms with Gasteiger partial charge in [-0.25, -0.2) is 5.48 Å². The van der Waals surface area contributed by atoms with E-state index in [-0.39, 0.29) is 11.5 Å². The van der Waals surface area contributed by atoms with E-state index in [4.69, 9.17) is 9.94 Å². The van der Waals surface area contributed by atoms with Crippen molar-refractivity contribution in [3.63, 3.8) is 0 Å². The second-order valence-corrected chi connectivity index (χ2v) is 5.48. The monoisotopic (exact) mass is 327 g/mol. The molecular weight excluding hydrogens is 310 g/mol. The summed E-state index contributed by atoms with van der Waals surface area (Å²) in [7, 11) is 1.57. The third-order valence-electron chi connectivity index (χ3n) is 4.03. The van der Waals surface area contributed by atoms with E-state index in [0.29, 0.717) is 30.8 Å². The average Bonchev–Trinajstić information content (AvgIpc) is 2.65. The molecule has 1 aliphatic rings. The fourth-order valence-corrected chi connectivity index (χ4v) is 2.70. The fraction of sp³-hybridized carbons (Fsp3) is 0.235. The normalized spacial score (nSPS) is 13.2. The van der Waals surface area contributed by atoms with Gasteiger partial charge >= 0.3 is 0 Å². The SMILES string of the molecule is COc1ccc(C(=O)N2CCc3ncc(C(=O)NO)cc3C2)cc1. The molecule has 124 valence electrons. The van der Waals surface area contributed by atoms with E-state index < -0.39 is 5.91 Å². The highest BCUT2D eigenvalue weighted by Gasteiger charge is 2.23. The summed E-state index contributed by atoms with van der Waals surface area (Å²) >= 11 is 0. The van der Waals surface area contributed by atoms with Gasteiger partial charge in [-0.15, -0.1) is 0 Å². The molecule has 0 aliphatic carbocycles. The van der Waals surface area contributed by atoms with E-state index in [2.05, 4.69) is 4.98 Å². The number of hydroxylamine groups is 1. The molecule has 0 radical (unpaired) electrons. The molecule has 0 saturated heterocycles. The van der Waals surface area contributed by atoms with Crippen molar-refractivity contribution in [3.05, 3.63) is 58.9 Å². The standard InChI is InChI=1S/C17H17N3O4/c1-24-14-4-2-11(3-5-14)17(22)20-7-6-15-13(10-20)8-12(9-18-15)16(21)19-23/h2-5,8-9,23H,6-7,10H2,1H3,(H,19,21). The maximum Gasteiger partial charge on any atom is 0.276 e. The zero-order valence-electron chi connectivity index (χ0n) is 13.2. The number of rotatable bonds is 3. The van der Waals surface area contributed by atoms with Crippen molar-refractivity contribution in [1.82, 2.24) is 15.4 Å². The molecule has 1 aromatic carbocycles. The Bertz CT molecular complexity index is 774. The van der Waals surface area contributed by atoms with Crippen LogP contribution in [0.2, 0.25) is 0 Å². The van der Waals surface area contributed by atoms with Gasteiger partial charge in [0.25, 0.3) is 11.8 Å². The van der Waals surface area contributed by atoms with Crippen molar-refractivity contribution in [2.75, 3.05) is 13.7 Å². The Labute approximate surface area is 138 Å². The first-order valence-corrected chi connectivity index (χ1v) is 7.48. The first kappa shape index (κ1) is 15.9. The number of pyridine rings is 1. The predicted molar refractivity (Wildman–Crippen MR) is 84.9 cm³/mol. The Balaban J connectivity index is 1.80. The number of nitrogens with one attached hydrogen (secondary N) is 1. The largest absolute Gasteiger partial charge is 0.497 e. The lowest BCUT2D eigenvalue weighted by atomic mass is 10.0. The van der Waals surface area contributed by atoms with Crippen LogP contribution in [-0.4, -0.2) is 40.6 Å². The number of amides is 2. The summed E-state index contributed by atoms with van der Waals surface area (Å²) in [5.41, 5.74) is 4.10. The van der Waals surface area contributed by atoms with E-state index in [0.717, 1.165) is 11.3 Å². The Kier molecular flexibility index (Phi) is 4.43. The Morgan fingerprint density at radius 3 is 2.67 bits per heavy atom. The quantitative estimate of drug-likeness (QED) is 0.657. The zero-order chi connectivity index (χ0) is 17.1. The van der Waals surface area contributed by atoms with Gasteiger partial charge in [0.15, 0.2) is 0 Å². The molecular formula is C17H17N3O4. The van der Waals surface area contributed by atoms with Gasteiger partial charge in [-0.2, -0.15) is 0 Å². The molecule has 1 aliphatic heterocycles. The molecule has 0 spiro atoms. The molecule has 7 nitrogen and oxygen atoms in total. The minimum Gasteiger partial charge on any atom is -0.497 e. The number of hydrogen-bond acceptors (Lipinski definition) is 5. The summed E-state index contributed by atoms with van der Waals surface area (Å²) in [5.74, 6) is -0.0105. The van der Waals surface area contributed by atoms with Gasteiger partial charge in [-0.1, -0.05) is 0 Å². The van der Waals surface area contributed by atoms with Crippen LogP contribution in [0, 0.1) is 0 Å². The summed E-state index contributed by atoms with van der Waals surface area (Å²) in [5, 5.41) is 8.72. The van der Waals surface area contributed by atoms with Crippen molar-refractivity contribution in [2.24, 2.45) is 0 Å². The molecule has 24 heavy (non-hydrogen) atoms. The maximum absolute atomic E-state index is 12.6. The third-order valence-corrected chi connectivity index (χ3v) is 4.03. The molecule has 0 atom stereocenters. The number of carbonyl (C=O) groups is 2. The lowest BCUT2D eigenvalue weighted by molar-refractivity contribution is 0.0705. The third kappa shape index (κ3) is 3.07. The van der Waals surface area contributed by atoms with E-state index in [1.807, 2.05) is 0 Å². The molecule has 1 aromatic heterocycles. The molecule has 3 rings (SSSR count). The van der Waals surface area contributed by atoms with Gasteiger partial charge in [-0.05, 0) is 35.9 Å². The predicted octanol–water partition coefficient (Wildman–Crippen LogP) is 1.41. The van der Waals surface area contributed by atoms with Crippen LogP contribution < -0.4 is 10.2 Å². The van der Waals surface area contributed by atoms with Crippen molar-refractivity contribution in [2.45, 2.75) is 13.0 Å². The Morgan fingerprint density at radius 1 is 1.25 bits per heavy atom. The number of methoxy groups -OCH3 is 1. The second-order valence-electron chi connectivity index (χ2n) is 5.48. The maximum atomic E-state index is 12.6. The molecule has 2 aromatic rings. The lowest BCUT2D eigenvalue weighted by Gasteiger charge is -2.28. The van der Waals surface area contributed by atoms with Gasteiger partial charge in [0, 0.05) is 37.0 Å². The number of nitrogens with zero attached hydrogens (tertiary/aromatic N) is 2.